The second-order valence-corrected chi connectivity index (χ2v) is 4.66. The monoisotopic (exact) mass is 241 g/mol. The molecule has 1 aliphatic heterocycles. The molecule has 2 atom stereocenters. The molecule has 0 aliphatic carbocycles. The van der Waals surface area contributed by atoms with Gasteiger partial charge in [0.25, 0.3) is 0 Å². The first-order valence-electron chi connectivity index (χ1n) is 5.95. The highest BCUT2D eigenvalue weighted by Gasteiger charge is 2.50. The Bertz CT molecular complexity index is 313. The lowest BCUT2D eigenvalue weighted by Crippen LogP contribution is -2.55. The number of likely N-dealkylation sites (tertiary alicyclic amines) is 1. The molecular formula is C10H20BN3O3. The van der Waals surface area contributed by atoms with Gasteiger partial charge in [-0.05, 0) is 6.42 Å². The van der Waals surface area contributed by atoms with Crippen LogP contribution in [-0.4, -0.2) is 54.9 Å². The van der Waals surface area contributed by atoms with Crippen LogP contribution in [0.15, 0.2) is 0 Å². The standard InChI is InChI=1S/C10H20BN3O3/c11-3-1-2-7-5-14(8(15)4-12)6-10(7,13)9(16)17/h7H,1-6,11-13H2,(H,16,17)/t7-,10-/m0/s1. The minimum absolute atomic E-state index is 0.0622. The second-order valence-electron chi connectivity index (χ2n) is 4.66. The van der Waals surface area contributed by atoms with Crippen molar-refractivity contribution < 1.29 is 14.7 Å². The van der Waals surface area contributed by atoms with Crippen LogP contribution >= 0.6 is 0 Å². The number of rotatable bonds is 5. The Hall–Kier alpha value is -1.08. The van der Waals surface area contributed by atoms with Gasteiger partial charge in [0.1, 0.15) is 13.4 Å². The molecule has 6 nitrogen and oxygen atoms in total. The van der Waals surface area contributed by atoms with Gasteiger partial charge in [-0.2, -0.15) is 0 Å². The lowest BCUT2D eigenvalue weighted by atomic mass is 9.83. The van der Waals surface area contributed by atoms with Crippen LogP contribution in [0.1, 0.15) is 12.8 Å². The van der Waals surface area contributed by atoms with Crippen molar-refractivity contribution in [2.24, 2.45) is 17.4 Å². The fraction of sp³-hybridized carbons (Fsp3) is 0.800. The van der Waals surface area contributed by atoms with E-state index in [1.807, 2.05) is 7.85 Å². The van der Waals surface area contributed by atoms with E-state index >= 15 is 0 Å². The molecule has 1 saturated heterocycles. The van der Waals surface area contributed by atoms with E-state index < -0.39 is 11.5 Å². The van der Waals surface area contributed by atoms with Crippen molar-refractivity contribution in [3.05, 3.63) is 0 Å². The van der Waals surface area contributed by atoms with Crippen LogP contribution in [0, 0.1) is 5.92 Å². The molecule has 7 heteroatoms. The van der Waals surface area contributed by atoms with Crippen LogP contribution in [0.5, 0.6) is 0 Å². The molecule has 1 rings (SSSR count). The maximum Gasteiger partial charge on any atom is 0.325 e. The van der Waals surface area contributed by atoms with Gasteiger partial charge in [0.2, 0.25) is 5.91 Å². The Kier molecular flexibility index (Phi) is 4.53. The van der Waals surface area contributed by atoms with E-state index in [1.54, 1.807) is 0 Å². The van der Waals surface area contributed by atoms with Crippen LogP contribution in [-0.2, 0) is 9.59 Å². The minimum Gasteiger partial charge on any atom is -0.480 e. The molecule has 0 unspecified atom stereocenters. The summed E-state index contributed by atoms with van der Waals surface area (Å²) < 4.78 is 0. The van der Waals surface area contributed by atoms with Crippen molar-refractivity contribution in [1.29, 1.82) is 0 Å². The molecule has 1 heterocycles. The summed E-state index contributed by atoms with van der Waals surface area (Å²) in [6, 6.07) is 0. The maximum absolute atomic E-state index is 11.5. The topological polar surface area (TPSA) is 110 Å². The van der Waals surface area contributed by atoms with E-state index in [4.69, 9.17) is 11.5 Å². The number of carboxylic acid groups (broad SMARTS) is 1. The molecule has 0 aromatic carbocycles. The highest BCUT2D eigenvalue weighted by Crippen LogP contribution is 2.30. The quantitative estimate of drug-likeness (QED) is 0.483. The molecule has 17 heavy (non-hydrogen) atoms. The molecule has 0 radical (unpaired) electrons. The number of aliphatic carboxylic acids is 1. The van der Waals surface area contributed by atoms with Crippen molar-refractivity contribution in [2.75, 3.05) is 19.6 Å². The second kappa shape index (κ2) is 5.51. The van der Waals surface area contributed by atoms with Gasteiger partial charge in [-0.25, -0.2) is 0 Å². The van der Waals surface area contributed by atoms with E-state index in [9.17, 15) is 14.7 Å². The molecule has 0 aromatic heterocycles. The Morgan fingerprint density at radius 1 is 1.53 bits per heavy atom. The Morgan fingerprint density at radius 2 is 2.18 bits per heavy atom. The fourth-order valence-electron chi connectivity index (χ4n) is 2.30. The summed E-state index contributed by atoms with van der Waals surface area (Å²) in [6.07, 6.45) is 2.63. The lowest BCUT2D eigenvalue weighted by molar-refractivity contribution is -0.144. The average Bonchev–Trinajstić information content (AvgIpc) is 2.64. The largest absolute Gasteiger partial charge is 0.480 e. The minimum atomic E-state index is -1.32. The third-order valence-corrected chi connectivity index (χ3v) is 3.45. The van der Waals surface area contributed by atoms with Gasteiger partial charge in [0, 0.05) is 19.0 Å². The smallest absolute Gasteiger partial charge is 0.325 e. The summed E-state index contributed by atoms with van der Waals surface area (Å²) in [7, 11) is 2.04. The number of amides is 1. The van der Waals surface area contributed by atoms with Crippen molar-refractivity contribution in [2.45, 2.75) is 24.7 Å². The third kappa shape index (κ3) is 2.78. The molecule has 0 spiro atoms. The highest BCUT2D eigenvalue weighted by molar-refractivity contribution is 6.08. The van der Waals surface area contributed by atoms with Crippen LogP contribution in [0.2, 0.25) is 6.32 Å². The molecule has 96 valence electrons. The van der Waals surface area contributed by atoms with Crippen molar-refractivity contribution in [3.8, 4) is 0 Å². The number of hydrogen-bond acceptors (Lipinski definition) is 4. The number of nitrogens with two attached hydrogens (primary N) is 2. The summed E-state index contributed by atoms with van der Waals surface area (Å²) in [5.74, 6) is -1.46. The zero-order chi connectivity index (χ0) is 13.1. The van der Waals surface area contributed by atoms with Gasteiger partial charge in [-0.1, -0.05) is 12.7 Å². The van der Waals surface area contributed by atoms with Crippen LogP contribution < -0.4 is 11.5 Å². The fourth-order valence-corrected chi connectivity index (χ4v) is 2.30. The maximum atomic E-state index is 11.5. The van der Waals surface area contributed by atoms with Gasteiger partial charge >= 0.3 is 5.97 Å². The van der Waals surface area contributed by atoms with E-state index in [0.717, 1.165) is 19.2 Å². The third-order valence-electron chi connectivity index (χ3n) is 3.45. The molecule has 0 aromatic rings. The first kappa shape index (κ1) is 14.0. The summed E-state index contributed by atoms with van der Waals surface area (Å²) >= 11 is 0. The summed E-state index contributed by atoms with van der Waals surface area (Å²) in [6.45, 7) is 0.363. The Morgan fingerprint density at radius 3 is 2.65 bits per heavy atom. The van der Waals surface area contributed by atoms with E-state index in [-0.39, 0.29) is 24.9 Å². The number of carbonyl (C=O) groups is 2. The summed E-state index contributed by atoms with van der Waals surface area (Å²) in [5, 5.41) is 9.22. The van der Waals surface area contributed by atoms with Crippen LogP contribution in [0.25, 0.3) is 0 Å². The molecule has 5 N–H and O–H groups in total. The number of carbonyl (C=O) groups excluding carboxylic acids is 1. The average molecular weight is 241 g/mol. The first-order chi connectivity index (χ1) is 7.95. The summed E-state index contributed by atoms with van der Waals surface area (Å²) in [4.78, 5) is 24.2. The summed E-state index contributed by atoms with van der Waals surface area (Å²) in [5.41, 5.74) is 9.90. The zero-order valence-electron chi connectivity index (χ0n) is 10.2. The first-order valence-corrected chi connectivity index (χ1v) is 5.95. The number of hydrogen-bond donors (Lipinski definition) is 3. The van der Waals surface area contributed by atoms with Crippen molar-refractivity contribution in [3.63, 3.8) is 0 Å². The molecule has 1 amide bonds. The lowest BCUT2D eigenvalue weighted by Gasteiger charge is -2.25. The number of nitrogens with zero attached hydrogens (tertiary/aromatic N) is 1. The van der Waals surface area contributed by atoms with E-state index in [1.165, 1.54) is 4.90 Å². The van der Waals surface area contributed by atoms with Gasteiger partial charge in [0.05, 0.1) is 6.54 Å². The van der Waals surface area contributed by atoms with Crippen molar-refractivity contribution in [1.82, 2.24) is 4.90 Å². The SMILES string of the molecule is BCCC[C@H]1CN(C(=O)CN)C[C@@]1(N)C(=O)O. The molecule has 1 aliphatic rings. The van der Waals surface area contributed by atoms with Crippen molar-refractivity contribution >= 4 is 19.7 Å². The predicted molar refractivity (Wildman–Crippen MR) is 66.3 cm³/mol. The van der Waals surface area contributed by atoms with Gasteiger partial charge in [-0.3, -0.25) is 9.59 Å². The number of carboxylic acids is 1. The van der Waals surface area contributed by atoms with Gasteiger partial charge < -0.3 is 21.5 Å². The van der Waals surface area contributed by atoms with E-state index in [2.05, 4.69) is 0 Å². The Balaban J connectivity index is 2.79. The Labute approximate surface area is 102 Å². The predicted octanol–water partition coefficient (Wildman–Crippen LogP) is -1.98. The van der Waals surface area contributed by atoms with E-state index in [0.29, 0.717) is 6.54 Å². The van der Waals surface area contributed by atoms with Crippen LogP contribution in [0.4, 0.5) is 0 Å². The molecule has 0 bridgehead atoms. The highest BCUT2D eigenvalue weighted by atomic mass is 16.4. The molecule has 1 fully saturated rings. The normalized spacial score (nSPS) is 28.4. The van der Waals surface area contributed by atoms with Crippen LogP contribution in [0.3, 0.4) is 0 Å². The van der Waals surface area contributed by atoms with Gasteiger partial charge in [0.15, 0.2) is 0 Å². The molecule has 0 saturated carbocycles. The molecular weight excluding hydrogens is 221 g/mol. The van der Waals surface area contributed by atoms with Gasteiger partial charge in [-0.15, -0.1) is 0 Å². The zero-order valence-corrected chi connectivity index (χ0v) is 10.2.